The number of ether oxygens (including phenoxy) is 2. The largest absolute Gasteiger partial charge is 0.481 e. The highest BCUT2D eigenvalue weighted by atomic mass is 16.6. The van der Waals surface area contributed by atoms with Crippen molar-refractivity contribution in [3.8, 4) is 0 Å². The fourth-order valence-corrected chi connectivity index (χ4v) is 3.85. The summed E-state index contributed by atoms with van der Waals surface area (Å²) in [4.78, 5) is 34.3. The van der Waals surface area contributed by atoms with E-state index in [0.717, 1.165) is 38.5 Å². The first-order valence-electron chi connectivity index (χ1n) is 8.74. The third-order valence-electron chi connectivity index (χ3n) is 5.02. The van der Waals surface area contributed by atoms with Gasteiger partial charge < -0.3 is 19.9 Å². The number of hydrogen-bond donors (Lipinski definition) is 2. The molecule has 0 heterocycles. The van der Waals surface area contributed by atoms with E-state index in [-0.39, 0.29) is 23.9 Å². The van der Waals surface area contributed by atoms with Crippen LogP contribution < -0.4 is 5.32 Å². The summed E-state index contributed by atoms with van der Waals surface area (Å²) >= 11 is 0. The predicted octanol–water partition coefficient (Wildman–Crippen LogP) is 2.62. The second kappa shape index (κ2) is 8.35. The van der Waals surface area contributed by atoms with Crippen LogP contribution in [0.25, 0.3) is 0 Å². The van der Waals surface area contributed by atoms with E-state index in [9.17, 15) is 14.4 Å². The molecule has 2 aliphatic carbocycles. The van der Waals surface area contributed by atoms with Gasteiger partial charge in [-0.3, -0.25) is 9.59 Å². The first-order chi connectivity index (χ1) is 11.4. The molecule has 2 N–H and O–H groups in total. The van der Waals surface area contributed by atoms with Gasteiger partial charge in [-0.15, -0.1) is 0 Å². The van der Waals surface area contributed by atoms with Gasteiger partial charge in [0.15, 0.2) is 0 Å². The summed E-state index contributed by atoms with van der Waals surface area (Å²) < 4.78 is 10.6. The van der Waals surface area contributed by atoms with Crippen LogP contribution in [0.2, 0.25) is 0 Å². The van der Waals surface area contributed by atoms with Crippen LogP contribution in [0.3, 0.4) is 0 Å². The van der Waals surface area contributed by atoms with E-state index in [1.54, 1.807) is 0 Å². The van der Waals surface area contributed by atoms with Gasteiger partial charge in [0.1, 0.15) is 12.2 Å². The average Bonchev–Trinajstić information content (AvgIpc) is 2.92. The lowest BCUT2D eigenvalue weighted by molar-refractivity contribution is -0.150. The summed E-state index contributed by atoms with van der Waals surface area (Å²) in [7, 11) is 0. The van der Waals surface area contributed by atoms with Gasteiger partial charge >= 0.3 is 18.0 Å². The lowest BCUT2D eigenvalue weighted by Crippen LogP contribution is -2.42. The zero-order valence-corrected chi connectivity index (χ0v) is 14.2. The summed E-state index contributed by atoms with van der Waals surface area (Å²) in [6.45, 7) is 1.65. The van der Waals surface area contributed by atoms with Crippen LogP contribution in [0, 0.1) is 5.41 Å². The summed E-state index contributed by atoms with van der Waals surface area (Å²) in [5.41, 5.74) is -0.381. The highest BCUT2D eigenvalue weighted by Gasteiger charge is 2.36. The molecule has 0 radical (unpaired) electrons. The number of alkyl carbamates (subject to hydrolysis) is 1. The van der Waals surface area contributed by atoms with Gasteiger partial charge in [-0.1, -0.05) is 19.3 Å². The highest BCUT2D eigenvalue weighted by molar-refractivity contribution is 5.69. The molecule has 2 rings (SSSR count). The van der Waals surface area contributed by atoms with Crippen molar-refractivity contribution in [1.82, 2.24) is 5.32 Å². The second-order valence-electron chi connectivity index (χ2n) is 7.01. The van der Waals surface area contributed by atoms with Gasteiger partial charge in [0.25, 0.3) is 0 Å². The van der Waals surface area contributed by atoms with Crippen molar-refractivity contribution in [2.45, 2.75) is 76.9 Å². The van der Waals surface area contributed by atoms with E-state index in [2.05, 4.69) is 5.32 Å². The Morgan fingerprint density at radius 2 is 1.67 bits per heavy atom. The molecule has 2 atom stereocenters. The van der Waals surface area contributed by atoms with Crippen molar-refractivity contribution in [2.75, 3.05) is 6.54 Å². The summed E-state index contributed by atoms with van der Waals surface area (Å²) in [6, 6.07) is 0. The van der Waals surface area contributed by atoms with Crippen LogP contribution in [0.4, 0.5) is 4.79 Å². The minimum absolute atomic E-state index is 0.0623. The number of carboxylic acids is 1. The molecule has 0 aromatic rings. The number of aliphatic carboxylic acids is 1. The van der Waals surface area contributed by atoms with Crippen LogP contribution in [0.5, 0.6) is 0 Å². The normalized spacial score (nSPS) is 25.7. The molecule has 7 nitrogen and oxygen atoms in total. The fourth-order valence-electron chi connectivity index (χ4n) is 3.85. The van der Waals surface area contributed by atoms with E-state index in [1.807, 2.05) is 0 Å². The second-order valence-corrected chi connectivity index (χ2v) is 7.01. The van der Waals surface area contributed by atoms with E-state index in [4.69, 9.17) is 14.6 Å². The Kier molecular flexibility index (Phi) is 6.45. The number of carbonyl (C=O) groups excluding carboxylic acids is 2. The Bertz CT molecular complexity index is 472. The van der Waals surface area contributed by atoms with E-state index in [0.29, 0.717) is 19.4 Å². The highest BCUT2D eigenvalue weighted by Crippen LogP contribution is 2.38. The van der Waals surface area contributed by atoms with Gasteiger partial charge in [-0.05, 0) is 37.5 Å². The SMILES string of the molecule is CC(=O)O[C@@H]1CCC[C@H]1OC(=O)NCC1(CC(=O)O)CCCCC1. The third-order valence-corrected chi connectivity index (χ3v) is 5.02. The van der Waals surface area contributed by atoms with Crippen LogP contribution in [-0.4, -0.2) is 41.9 Å². The van der Waals surface area contributed by atoms with Crippen LogP contribution >= 0.6 is 0 Å². The van der Waals surface area contributed by atoms with Gasteiger partial charge in [-0.25, -0.2) is 4.79 Å². The minimum Gasteiger partial charge on any atom is -0.481 e. The number of nitrogens with one attached hydrogen (secondary N) is 1. The summed E-state index contributed by atoms with van der Waals surface area (Å²) in [5, 5.41) is 11.9. The monoisotopic (exact) mass is 341 g/mol. The maximum absolute atomic E-state index is 12.1. The van der Waals surface area contributed by atoms with Gasteiger partial charge in [0, 0.05) is 13.5 Å². The average molecular weight is 341 g/mol. The lowest BCUT2D eigenvalue weighted by Gasteiger charge is -2.36. The predicted molar refractivity (Wildman–Crippen MR) is 85.4 cm³/mol. The van der Waals surface area contributed by atoms with Gasteiger partial charge in [0.05, 0.1) is 6.42 Å². The summed E-state index contributed by atoms with van der Waals surface area (Å²) in [5.74, 6) is -1.21. The Morgan fingerprint density at radius 1 is 1.04 bits per heavy atom. The summed E-state index contributed by atoms with van der Waals surface area (Å²) in [6.07, 6.45) is 5.61. The zero-order valence-electron chi connectivity index (χ0n) is 14.2. The van der Waals surface area contributed by atoms with Crippen molar-refractivity contribution in [3.05, 3.63) is 0 Å². The molecular formula is C17H27NO6. The quantitative estimate of drug-likeness (QED) is 0.720. The molecule has 0 saturated heterocycles. The fraction of sp³-hybridized carbons (Fsp3) is 0.824. The molecule has 7 heteroatoms. The Hall–Kier alpha value is -1.79. The number of carboxylic acid groups (broad SMARTS) is 1. The molecule has 2 aliphatic rings. The first kappa shape index (κ1) is 18.5. The molecule has 0 aliphatic heterocycles. The first-order valence-corrected chi connectivity index (χ1v) is 8.74. The minimum atomic E-state index is -0.835. The van der Waals surface area contributed by atoms with E-state index < -0.39 is 18.2 Å². The number of esters is 1. The molecule has 136 valence electrons. The number of rotatable bonds is 6. The molecule has 0 aromatic heterocycles. The Labute approximate surface area is 142 Å². The number of hydrogen-bond acceptors (Lipinski definition) is 5. The van der Waals surface area contributed by atoms with Crippen LogP contribution in [0.15, 0.2) is 0 Å². The molecule has 2 fully saturated rings. The molecule has 2 saturated carbocycles. The maximum Gasteiger partial charge on any atom is 0.407 e. The third kappa shape index (κ3) is 5.39. The van der Waals surface area contributed by atoms with Crippen molar-refractivity contribution in [2.24, 2.45) is 5.41 Å². The van der Waals surface area contributed by atoms with Crippen molar-refractivity contribution in [1.29, 1.82) is 0 Å². The lowest BCUT2D eigenvalue weighted by atomic mass is 9.72. The molecular weight excluding hydrogens is 314 g/mol. The Balaban J connectivity index is 1.84. The smallest absolute Gasteiger partial charge is 0.407 e. The molecule has 0 unspecified atom stereocenters. The zero-order chi connectivity index (χ0) is 17.6. The van der Waals surface area contributed by atoms with Crippen LogP contribution in [0.1, 0.15) is 64.7 Å². The van der Waals surface area contributed by atoms with E-state index >= 15 is 0 Å². The molecule has 0 bridgehead atoms. The molecule has 24 heavy (non-hydrogen) atoms. The van der Waals surface area contributed by atoms with Gasteiger partial charge in [-0.2, -0.15) is 0 Å². The molecule has 0 spiro atoms. The number of amides is 1. The number of carbonyl (C=O) groups is 3. The van der Waals surface area contributed by atoms with Crippen molar-refractivity contribution in [3.63, 3.8) is 0 Å². The van der Waals surface area contributed by atoms with Crippen LogP contribution in [-0.2, 0) is 19.1 Å². The van der Waals surface area contributed by atoms with E-state index in [1.165, 1.54) is 6.92 Å². The van der Waals surface area contributed by atoms with Crippen molar-refractivity contribution >= 4 is 18.0 Å². The maximum atomic E-state index is 12.1. The van der Waals surface area contributed by atoms with Gasteiger partial charge in [0.2, 0.25) is 0 Å². The molecule has 1 amide bonds. The topological polar surface area (TPSA) is 102 Å². The van der Waals surface area contributed by atoms with Crippen molar-refractivity contribution < 1.29 is 29.0 Å². The standard InChI is InChI=1S/C17H27NO6/c1-12(19)23-13-6-5-7-14(13)24-16(22)18-11-17(10-15(20)21)8-3-2-4-9-17/h13-14H,2-11H2,1H3,(H,18,22)(H,20,21)/t13-,14-/m1/s1. The Morgan fingerprint density at radius 3 is 2.25 bits per heavy atom. The molecule has 0 aromatic carbocycles.